The minimum atomic E-state index is 0.169. The Morgan fingerprint density at radius 1 is 1.00 bits per heavy atom. The second-order valence-corrected chi connectivity index (χ2v) is 2.72. The minimum Gasteiger partial charge on any atom is -0.508 e. The number of aromatic hydroxyl groups is 2. The van der Waals surface area contributed by atoms with E-state index in [0.717, 1.165) is 0 Å². The maximum atomic E-state index is 8.65. The summed E-state index contributed by atoms with van der Waals surface area (Å²) in [5.41, 5.74) is 1.17. The summed E-state index contributed by atoms with van der Waals surface area (Å²) in [6.07, 6.45) is 0. The fourth-order valence-electron chi connectivity index (χ4n) is 0.453. The summed E-state index contributed by atoms with van der Waals surface area (Å²) in [4.78, 5) is 0. The van der Waals surface area contributed by atoms with Crippen LogP contribution >= 0.6 is 0 Å². The maximum absolute atomic E-state index is 8.65. The first-order valence-corrected chi connectivity index (χ1v) is 3.62. The van der Waals surface area contributed by atoms with E-state index in [-0.39, 0.29) is 11.5 Å². The third kappa shape index (κ3) is 6.68. The van der Waals surface area contributed by atoms with Gasteiger partial charge in [-0.05, 0) is 38.1 Å². The quantitative estimate of drug-likeness (QED) is 0.459. The molecule has 2 nitrogen and oxygen atoms in total. The van der Waals surface area contributed by atoms with Crippen molar-refractivity contribution >= 4 is 0 Å². The van der Waals surface area contributed by atoms with E-state index >= 15 is 0 Å². The van der Waals surface area contributed by atoms with Crippen LogP contribution in [0.15, 0.2) is 36.4 Å². The van der Waals surface area contributed by atoms with Gasteiger partial charge < -0.3 is 10.2 Å². The van der Waals surface area contributed by atoms with Crippen LogP contribution in [0.25, 0.3) is 0 Å². The number of phenolic OH excluding ortho intramolecular Hbond substituents is 2. The summed E-state index contributed by atoms with van der Waals surface area (Å²) in [6.45, 7) is 7.50. The molecule has 0 saturated heterocycles. The van der Waals surface area contributed by atoms with E-state index in [0.29, 0.717) is 0 Å². The van der Waals surface area contributed by atoms with E-state index in [1.807, 2.05) is 13.8 Å². The molecule has 0 amide bonds. The van der Waals surface area contributed by atoms with Crippen molar-refractivity contribution in [1.82, 2.24) is 0 Å². The van der Waals surface area contributed by atoms with Crippen LogP contribution in [0.3, 0.4) is 0 Å². The molecule has 0 aliphatic carbocycles. The van der Waals surface area contributed by atoms with Crippen LogP contribution in [0, 0.1) is 0 Å². The van der Waals surface area contributed by atoms with Gasteiger partial charge >= 0.3 is 0 Å². The first-order chi connectivity index (χ1) is 5.52. The summed E-state index contributed by atoms with van der Waals surface area (Å²) in [5.74, 6) is 0.339. The molecule has 0 radical (unpaired) electrons. The first kappa shape index (κ1) is 10.6. The molecule has 0 aliphatic rings. The summed E-state index contributed by atoms with van der Waals surface area (Å²) >= 11 is 0. The Bertz CT molecular complexity index is 212. The van der Waals surface area contributed by atoms with Crippen LogP contribution < -0.4 is 0 Å². The lowest BCUT2D eigenvalue weighted by Gasteiger charge is -1.88. The van der Waals surface area contributed by atoms with E-state index in [1.54, 1.807) is 0 Å². The highest BCUT2D eigenvalue weighted by Gasteiger charge is 1.84. The normalized spacial score (nSPS) is 8.17. The van der Waals surface area contributed by atoms with Crippen LogP contribution in [0.5, 0.6) is 11.5 Å². The molecule has 12 heavy (non-hydrogen) atoms. The molecule has 0 unspecified atom stereocenters. The van der Waals surface area contributed by atoms with Crippen LogP contribution in [0.4, 0.5) is 0 Å². The predicted molar refractivity (Wildman–Crippen MR) is 50.3 cm³/mol. The maximum Gasteiger partial charge on any atom is 0.115 e. The highest BCUT2D eigenvalue weighted by atomic mass is 16.3. The zero-order valence-electron chi connectivity index (χ0n) is 7.41. The van der Waals surface area contributed by atoms with Gasteiger partial charge in [0.2, 0.25) is 0 Å². The molecule has 0 bridgehead atoms. The summed E-state index contributed by atoms with van der Waals surface area (Å²) in [5, 5.41) is 17.3. The number of allylic oxidation sites excluding steroid dienone is 1. The Morgan fingerprint density at radius 2 is 1.17 bits per heavy atom. The second kappa shape index (κ2) is 5.24. The third-order valence-corrected chi connectivity index (χ3v) is 0.850. The van der Waals surface area contributed by atoms with E-state index in [4.69, 9.17) is 10.2 Å². The SMILES string of the molecule is C=C(C)C.Oc1ccc(O)cc1. The zero-order chi connectivity index (χ0) is 9.56. The van der Waals surface area contributed by atoms with Gasteiger partial charge in [0.15, 0.2) is 0 Å². The zero-order valence-corrected chi connectivity index (χ0v) is 7.41. The van der Waals surface area contributed by atoms with Crippen molar-refractivity contribution in [2.75, 3.05) is 0 Å². The Kier molecular flexibility index (Phi) is 4.61. The first-order valence-electron chi connectivity index (χ1n) is 3.62. The lowest BCUT2D eigenvalue weighted by molar-refractivity contribution is 0.460. The van der Waals surface area contributed by atoms with Crippen molar-refractivity contribution < 1.29 is 10.2 Å². The molecule has 1 aromatic rings. The van der Waals surface area contributed by atoms with E-state index < -0.39 is 0 Å². The fraction of sp³-hybridized carbons (Fsp3) is 0.200. The van der Waals surface area contributed by atoms with Crippen molar-refractivity contribution in [2.45, 2.75) is 13.8 Å². The van der Waals surface area contributed by atoms with Gasteiger partial charge in [-0.25, -0.2) is 0 Å². The van der Waals surface area contributed by atoms with Gasteiger partial charge in [-0.3, -0.25) is 0 Å². The fourth-order valence-corrected chi connectivity index (χ4v) is 0.453. The number of hydrogen-bond donors (Lipinski definition) is 2. The Morgan fingerprint density at radius 3 is 1.33 bits per heavy atom. The van der Waals surface area contributed by atoms with Gasteiger partial charge in [-0.1, -0.05) is 5.57 Å². The molecule has 0 atom stereocenters. The van der Waals surface area contributed by atoms with E-state index in [9.17, 15) is 0 Å². The molecule has 0 saturated carbocycles. The van der Waals surface area contributed by atoms with Crippen LogP contribution in [0.1, 0.15) is 13.8 Å². The van der Waals surface area contributed by atoms with Crippen molar-refractivity contribution in [3.05, 3.63) is 36.4 Å². The molecule has 0 spiro atoms. The van der Waals surface area contributed by atoms with Gasteiger partial charge in [0.05, 0.1) is 0 Å². The van der Waals surface area contributed by atoms with Gasteiger partial charge in [0.1, 0.15) is 11.5 Å². The molecule has 2 N–H and O–H groups in total. The molecule has 2 heteroatoms. The Balaban J connectivity index is 0.000000261. The molecule has 66 valence electrons. The lowest BCUT2D eigenvalue weighted by atomic mass is 10.3. The molecule has 0 heterocycles. The van der Waals surface area contributed by atoms with E-state index in [2.05, 4.69) is 6.58 Å². The van der Waals surface area contributed by atoms with Gasteiger partial charge in [-0.2, -0.15) is 0 Å². The number of benzene rings is 1. The number of hydrogen-bond acceptors (Lipinski definition) is 2. The van der Waals surface area contributed by atoms with Crippen LogP contribution in [0.2, 0.25) is 0 Å². The summed E-state index contributed by atoms with van der Waals surface area (Å²) in [7, 11) is 0. The van der Waals surface area contributed by atoms with Crippen molar-refractivity contribution in [3.63, 3.8) is 0 Å². The van der Waals surface area contributed by atoms with Crippen molar-refractivity contribution in [2.24, 2.45) is 0 Å². The highest BCUT2D eigenvalue weighted by Crippen LogP contribution is 2.13. The van der Waals surface area contributed by atoms with Gasteiger partial charge in [-0.15, -0.1) is 6.58 Å². The average molecular weight is 166 g/mol. The van der Waals surface area contributed by atoms with Gasteiger partial charge in [0.25, 0.3) is 0 Å². The van der Waals surface area contributed by atoms with Gasteiger partial charge in [0, 0.05) is 0 Å². The number of rotatable bonds is 0. The van der Waals surface area contributed by atoms with Crippen molar-refractivity contribution in [1.29, 1.82) is 0 Å². The standard InChI is InChI=1S/C6H6O2.C4H8/c7-5-1-2-6(8)4-3-5;1-4(2)3/h1-4,7-8H;1H2,2-3H3. The molecular formula is C10H14O2. The molecule has 0 aromatic heterocycles. The summed E-state index contributed by atoms with van der Waals surface area (Å²) in [6, 6.07) is 5.70. The second-order valence-electron chi connectivity index (χ2n) is 2.72. The molecular weight excluding hydrogens is 152 g/mol. The topological polar surface area (TPSA) is 40.5 Å². The summed E-state index contributed by atoms with van der Waals surface area (Å²) < 4.78 is 0. The highest BCUT2D eigenvalue weighted by molar-refractivity contribution is 5.28. The molecule has 0 fully saturated rings. The van der Waals surface area contributed by atoms with Crippen LogP contribution in [-0.4, -0.2) is 10.2 Å². The number of phenols is 2. The van der Waals surface area contributed by atoms with Crippen LogP contribution in [-0.2, 0) is 0 Å². The molecule has 1 aromatic carbocycles. The monoisotopic (exact) mass is 166 g/mol. The minimum absolute atomic E-state index is 0.169. The Labute approximate surface area is 72.8 Å². The Hall–Kier alpha value is -1.44. The van der Waals surface area contributed by atoms with E-state index in [1.165, 1.54) is 29.8 Å². The van der Waals surface area contributed by atoms with Crippen molar-refractivity contribution in [3.8, 4) is 11.5 Å². The molecule has 1 rings (SSSR count). The molecule has 0 aliphatic heterocycles. The average Bonchev–Trinajstić information content (AvgIpc) is 1.94. The third-order valence-electron chi connectivity index (χ3n) is 0.850. The largest absolute Gasteiger partial charge is 0.508 e. The predicted octanol–water partition coefficient (Wildman–Crippen LogP) is 2.68. The smallest absolute Gasteiger partial charge is 0.115 e. The lowest BCUT2D eigenvalue weighted by Crippen LogP contribution is -1.61.